The Morgan fingerprint density at radius 1 is 0.352 bits per heavy atom. The Labute approximate surface area is 424 Å². The van der Waals surface area contributed by atoms with Gasteiger partial charge in [0.05, 0.1) is 50.7 Å². The molecule has 0 radical (unpaired) electrons. The fourth-order valence-electron chi connectivity index (χ4n) is 18.5. The lowest BCUT2D eigenvalue weighted by molar-refractivity contribution is -0.264. The number of hydrogen-bond donors (Lipinski definition) is 5. The topological polar surface area (TPSA) is 206 Å². The highest BCUT2D eigenvalue weighted by atomic mass is 16.6. The van der Waals surface area contributed by atoms with E-state index in [0.29, 0.717) is 74.0 Å². The van der Waals surface area contributed by atoms with Gasteiger partial charge in [-0.1, -0.05) is 27.7 Å². The zero-order chi connectivity index (χ0) is 51.8. The molecular weight excluding hydrogens is 905 g/mol. The minimum Gasteiger partial charge on any atom is -0.459 e. The number of ether oxygens (including phenoxy) is 4. The number of esters is 4. The predicted molar refractivity (Wildman–Crippen MR) is 264 cm³/mol. The van der Waals surface area contributed by atoms with Crippen LogP contribution in [0.15, 0.2) is 0 Å². The standard InChI is InChI=1S/C15H24O4.C15H24O3.2C14H22O3/c1-12(2,3)11(16)19-15-6-10-4-13(17,8-15)7-14(18,5-10)9-15;1-13(2,3)12(16)18-15-7-10-4-11(8-15)6-14(17,5-10)9-15;2*1-9(2)12(15)17-14-6-10-3-11(7-14)5-13(16,4-10)8-14/h10,17-18H,4-9H2,1-3H3;10-11,17H,4-9H2,1-3H3;2*9-11,16H,3-8H2,1-2H3. The van der Waals surface area contributed by atoms with E-state index in [9.17, 15) is 44.7 Å². The highest BCUT2D eigenvalue weighted by Gasteiger charge is 2.66. The summed E-state index contributed by atoms with van der Waals surface area (Å²) in [5, 5.41) is 52.8. The first-order chi connectivity index (χ1) is 32.5. The lowest BCUT2D eigenvalue weighted by Gasteiger charge is -2.62. The van der Waals surface area contributed by atoms with Gasteiger partial charge >= 0.3 is 23.9 Å². The number of hydrogen-bond acceptors (Lipinski definition) is 13. The smallest absolute Gasteiger partial charge is 0.311 e. The summed E-state index contributed by atoms with van der Waals surface area (Å²) in [6, 6.07) is 0. The molecule has 71 heavy (non-hydrogen) atoms. The molecule has 8 atom stereocenters. The Balaban J connectivity index is 0.000000117. The Bertz CT molecular complexity index is 1950. The molecule has 0 amide bonds. The van der Waals surface area contributed by atoms with E-state index < -0.39 is 44.4 Å². The van der Waals surface area contributed by atoms with Gasteiger partial charge in [0.1, 0.15) is 22.4 Å². The summed E-state index contributed by atoms with van der Waals surface area (Å²) in [6.45, 7) is 18.7. The first-order valence-electron chi connectivity index (χ1n) is 28.1. The van der Waals surface area contributed by atoms with Crippen LogP contribution >= 0.6 is 0 Å². The van der Waals surface area contributed by atoms with Crippen molar-refractivity contribution in [1.29, 1.82) is 0 Å². The predicted octanol–water partition coefficient (Wildman–Crippen LogP) is 8.97. The van der Waals surface area contributed by atoms with E-state index in [4.69, 9.17) is 18.9 Å². The third-order valence-corrected chi connectivity index (χ3v) is 19.3. The Morgan fingerprint density at radius 2 is 0.592 bits per heavy atom. The van der Waals surface area contributed by atoms with E-state index in [-0.39, 0.29) is 58.4 Å². The van der Waals surface area contributed by atoms with Gasteiger partial charge in [0.25, 0.3) is 0 Å². The molecule has 0 aromatic rings. The van der Waals surface area contributed by atoms with Crippen molar-refractivity contribution in [2.45, 2.75) is 274 Å². The maximum Gasteiger partial charge on any atom is 0.311 e. The molecule has 16 rings (SSSR count). The van der Waals surface area contributed by atoms with Crippen molar-refractivity contribution in [3.63, 3.8) is 0 Å². The van der Waals surface area contributed by atoms with E-state index in [1.165, 1.54) is 19.3 Å². The molecule has 16 bridgehead atoms. The molecule has 0 saturated heterocycles. The molecule has 16 aliphatic rings. The fraction of sp³-hybridized carbons (Fsp3) is 0.931. The molecule has 0 aromatic heterocycles. The molecule has 13 heteroatoms. The van der Waals surface area contributed by atoms with Crippen LogP contribution in [-0.2, 0) is 38.1 Å². The first kappa shape index (κ1) is 53.5. The molecule has 0 heterocycles. The molecule has 5 N–H and O–H groups in total. The summed E-state index contributed by atoms with van der Waals surface area (Å²) in [4.78, 5) is 48.0. The molecule has 402 valence electrons. The number of rotatable bonds is 6. The summed E-state index contributed by atoms with van der Waals surface area (Å²) in [6.07, 6.45) is 20.7. The van der Waals surface area contributed by atoms with Crippen LogP contribution in [-0.4, -0.2) is 99.8 Å². The number of carbonyl (C=O) groups is 4. The highest BCUT2D eigenvalue weighted by Crippen LogP contribution is 2.63. The van der Waals surface area contributed by atoms with E-state index in [1.54, 1.807) is 0 Å². The fourth-order valence-corrected chi connectivity index (χ4v) is 18.5. The van der Waals surface area contributed by atoms with Crippen LogP contribution in [0.4, 0.5) is 0 Å². The van der Waals surface area contributed by atoms with Gasteiger partial charge in [0.15, 0.2) is 0 Å². The van der Waals surface area contributed by atoms with Crippen molar-refractivity contribution in [2.75, 3.05) is 0 Å². The van der Waals surface area contributed by atoms with Crippen LogP contribution in [0.5, 0.6) is 0 Å². The van der Waals surface area contributed by atoms with E-state index in [0.717, 1.165) is 96.3 Å². The molecule has 16 fully saturated rings. The Kier molecular flexibility index (Phi) is 13.3. The molecule has 0 aliphatic heterocycles. The molecular formula is C58H92O13. The minimum atomic E-state index is -0.841. The minimum absolute atomic E-state index is 0.0716. The zero-order valence-electron chi connectivity index (χ0n) is 45.2. The maximum absolute atomic E-state index is 12.2. The molecule has 0 aromatic carbocycles. The van der Waals surface area contributed by atoms with Gasteiger partial charge in [-0.2, -0.15) is 0 Å². The lowest BCUT2D eigenvalue weighted by Crippen LogP contribution is -2.67. The van der Waals surface area contributed by atoms with Gasteiger partial charge < -0.3 is 44.5 Å². The second-order valence-corrected chi connectivity index (χ2v) is 30.2. The molecule has 0 spiro atoms. The molecule has 16 aliphatic carbocycles. The van der Waals surface area contributed by atoms with Crippen LogP contribution in [0.1, 0.15) is 223 Å². The quantitative estimate of drug-likeness (QED) is 0.125. The van der Waals surface area contributed by atoms with E-state index >= 15 is 0 Å². The van der Waals surface area contributed by atoms with Crippen molar-refractivity contribution in [3.05, 3.63) is 0 Å². The maximum atomic E-state index is 12.2. The third kappa shape index (κ3) is 11.3. The van der Waals surface area contributed by atoms with E-state index in [1.807, 2.05) is 69.2 Å². The summed E-state index contributed by atoms with van der Waals surface area (Å²) < 4.78 is 23.2. The average Bonchev–Trinajstić information content (AvgIpc) is 3.13. The van der Waals surface area contributed by atoms with Crippen LogP contribution < -0.4 is 0 Å². The molecule has 13 nitrogen and oxygen atoms in total. The van der Waals surface area contributed by atoms with Crippen LogP contribution in [0, 0.1) is 64.1 Å². The van der Waals surface area contributed by atoms with Crippen LogP contribution in [0.25, 0.3) is 0 Å². The van der Waals surface area contributed by atoms with Crippen molar-refractivity contribution < 1.29 is 63.7 Å². The second kappa shape index (κ2) is 17.6. The zero-order valence-corrected chi connectivity index (χ0v) is 45.2. The largest absolute Gasteiger partial charge is 0.459 e. The van der Waals surface area contributed by atoms with Gasteiger partial charge in [-0.15, -0.1) is 0 Å². The van der Waals surface area contributed by atoms with Gasteiger partial charge in [-0.3, -0.25) is 19.2 Å². The summed E-state index contributed by atoms with van der Waals surface area (Å²) >= 11 is 0. The van der Waals surface area contributed by atoms with Gasteiger partial charge in [0.2, 0.25) is 0 Å². The average molecular weight is 997 g/mol. The SMILES string of the molecule is CC(C)(C)C(=O)OC12CC3CC(CC(O)(C3)C1)C2.CC(C)(C)C(=O)OC12CC3CC(O)(CC(O)(C3)C1)C2.CC(C)C(=O)OC12CC3CC(CC(O)(C3)C1)C2.CC(C)C(=O)OC12CC3CC(CC(O)(C3)C1)C2. The lowest BCUT2D eigenvalue weighted by atomic mass is 9.50. The number of carbonyl (C=O) groups excluding carboxylic acids is 4. The van der Waals surface area contributed by atoms with Crippen LogP contribution in [0.2, 0.25) is 0 Å². The normalized spacial score (nSPS) is 47.4. The number of aliphatic hydroxyl groups is 5. The summed E-state index contributed by atoms with van der Waals surface area (Å²) in [5.41, 5.74) is -5.99. The van der Waals surface area contributed by atoms with Crippen molar-refractivity contribution in [2.24, 2.45) is 64.1 Å². The molecule has 16 saturated carbocycles. The van der Waals surface area contributed by atoms with E-state index in [2.05, 4.69) is 0 Å². The Morgan fingerprint density at radius 3 is 0.845 bits per heavy atom. The van der Waals surface area contributed by atoms with Crippen LogP contribution in [0.3, 0.4) is 0 Å². The van der Waals surface area contributed by atoms with Gasteiger partial charge in [0, 0.05) is 38.5 Å². The highest BCUT2D eigenvalue weighted by molar-refractivity contribution is 5.76. The van der Waals surface area contributed by atoms with Crippen molar-refractivity contribution >= 4 is 23.9 Å². The first-order valence-corrected chi connectivity index (χ1v) is 28.1. The summed E-state index contributed by atoms with van der Waals surface area (Å²) in [7, 11) is 0. The Hall–Kier alpha value is -2.32. The third-order valence-electron chi connectivity index (χ3n) is 19.3. The van der Waals surface area contributed by atoms with Crippen molar-refractivity contribution in [1.82, 2.24) is 0 Å². The second-order valence-electron chi connectivity index (χ2n) is 30.2. The van der Waals surface area contributed by atoms with Crippen molar-refractivity contribution in [3.8, 4) is 0 Å². The molecule has 8 unspecified atom stereocenters. The van der Waals surface area contributed by atoms with Gasteiger partial charge in [-0.05, 0) is 199 Å². The van der Waals surface area contributed by atoms with Gasteiger partial charge in [-0.25, -0.2) is 0 Å². The summed E-state index contributed by atoms with van der Waals surface area (Å²) in [5.74, 6) is 2.98. The monoisotopic (exact) mass is 997 g/mol.